The molecule has 1 unspecified atom stereocenters. The minimum atomic E-state index is 0.151. The fourth-order valence-corrected chi connectivity index (χ4v) is 2.04. The van der Waals surface area contributed by atoms with Crippen molar-refractivity contribution >= 4 is 5.91 Å². The minimum Gasteiger partial charge on any atom is -0.339 e. The van der Waals surface area contributed by atoms with Gasteiger partial charge < -0.3 is 4.90 Å². The molecular formula is C12H21N3O. The zero-order chi connectivity index (χ0) is 12.0. The summed E-state index contributed by atoms with van der Waals surface area (Å²) in [5, 5.41) is 2.93. The van der Waals surface area contributed by atoms with Gasteiger partial charge in [0.05, 0.1) is 13.1 Å². The topological polar surface area (TPSA) is 35.6 Å². The van der Waals surface area contributed by atoms with E-state index in [4.69, 9.17) is 6.42 Å². The lowest BCUT2D eigenvalue weighted by atomic mass is 10.2. The summed E-state index contributed by atoms with van der Waals surface area (Å²) in [7, 11) is 0. The van der Waals surface area contributed by atoms with Crippen molar-refractivity contribution in [1.82, 2.24) is 15.1 Å². The third kappa shape index (κ3) is 3.51. The monoisotopic (exact) mass is 223 g/mol. The summed E-state index contributed by atoms with van der Waals surface area (Å²) in [4.78, 5) is 16.1. The van der Waals surface area contributed by atoms with Crippen LogP contribution in [0.2, 0.25) is 0 Å². The second kappa shape index (κ2) is 6.51. The summed E-state index contributed by atoms with van der Waals surface area (Å²) in [5.41, 5.74) is 0. The molecule has 1 rings (SSSR count). The summed E-state index contributed by atoms with van der Waals surface area (Å²) >= 11 is 0. The van der Waals surface area contributed by atoms with Crippen molar-refractivity contribution in [2.45, 2.75) is 19.9 Å². The highest BCUT2D eigenvalue weighted by Crippen LogP contribution is 2.08. The van der Waals surface area contributed by atoms with Crippen molar-refractivity contribution in [1.29, 1.82) is 0 Å². The minimum absolute atomic E-state index is 0.151. The summed E-state index contributed by atoms with van der Waals surface area (Å²) in [6.45, 7) is 8.80. The molecule has 0 aromatic heterocycles. The number of rotatable bonds is 4. The lowest BCUT2D eigenvalue weighted by Gasteiger charge is -2.39. The standard InChI is InChI=1S/C12H21N3O/c1-4-6-13-9-12(16)15-8-7-14(5-2)11(3)10-15/h1,11,13H,5-10H2,2-3H3. The SMILES string of the molecule is C#CCNCC(=O)N1CCN(CC)C(C)C1. The Kier molecular flexibility index (Phi) is 5.30. The first-order chi connectivity index (χ1) is 7.69. The van der Waals surface area contributed by atoms with Gasteiger partial charge in [-0.05, 0) is 13.5 Å². The molecule has 4 heteroatoms. The quantitative estimate of drug-likeness (QED) is 0.528. The molecule has 0 aromatic rings. The van der Waals surface area contributed by atoms with Crippen LogP contribution in [0.4, 0.5) is 0 Å². The first kappa shape index (κ1) is 13.0. The van der Waals surface area contributed by atoms with Crippen LogP contribution >= 0.6 is 0 Å². The van der Waals surface area contributed by atoms with Crippen LogP contribution in [0.15, 0.2) is 0 Å². The van der Waals surface area contributed by atoms with Gasteiger partial charge in [-0.15, -0.1) is 6.42 Å². The second-order valence-corrected chi connectivity index (χ2v) is 4.13. The lowest BCUT2D eigenvalue weighted by Crippen LogP contribution is -2.54. The van der Waals surface area contributed by atoms with Gasteiger partial charge in [0.1, 0.15) is 0 Å². The molecule has 0 aromatic carbocycles. The molecule has 1 heterocycles. The van der Waals surface area contributed by atoms with E-state index in [9.17, 15) is 4.79 Å². The molecule has 0 spiro atoms. The largest absolute Gasteiger partial charge is 0.339 e. The predicted octanol–water partition coefficient (Wildman–Crippen LogP) is -0.238. The van der Waals surface area contributed by atoms with Crippen molar-refractivity contribution < 1.29 is 4.79 Å². The Morgan fingerprint density at radius 2 is 2.31 bits per heavy atom. The normalized spacial score (nSPS) is 21.8. The van der Waals surface area contributed by atoms with E-state index in [1.54, 1.807) is 0 Å². The molecule has 1 N–H and O–H groups in total. The lowest BCUT2D eigenvalue weighted by molar-refractivity contribution is -0.133. The third-order valence-electron chi connectivity index (χ3n) is 3.03. The van der Waals surface area contributed by atoms with Gasteiger partial charge in [0, 0.05) is 25.7 Å². The van der Waals surface area contributed by atoms with Crippen LogP contribution in [-0.2, 0) is 4.79 Å². The van der Waals surface area contributed by atoms with Crippen molar-refractivity contribution in [3.8, 4) is 12.3 Å². The molecule has 1 amide bonds. The number of amides is 1. The van der Waals surface area contributed by atoms with Crippen molar-refractivity contribution in [2.75, 3.05) is 39.3 Å². The Morgan fingerprint density at radius 1 is 1.56 bits per heavy atom. The summed E-state index contributed by atoms with van der Waals surface area (Å²) in [6, 6.07) is 0.454. The number of hydrogen-bond acceptors (Lipinski definition) is 3. The zero-order valence-corrected chi connectivity index (χ0v) is 10.2. The number of terminal acetylenes is 1. The van der Waals surface area contributed by atoms with E-state index in [0.717, 1.165) is 26.2 Å². The Balaban J connectivity index is 2.33. The molecule has 0 bridgehead atoms. The maximum atomic E-state index is 11.8. The molecule has 1 aliphatic heterocycles. The first-order valence-electron chi connectivity index (χ1n) is 5.85. The van der Waals surface area contributed by atoms with Crippen molar-refractivity contribution in [2.24, 2.45) is 0 Å². The van der Waals surface area contributed by atoms with E-state index < -0.39 is 0 Å². The highest BCUT2D eigenvalue weighted by atomic mass is 16.2. The summed E-state index contributed by atoms with van der Waals surface area (Å²) in [5.74, 6) is 2.61. The molecule has 1 saturated heterocycles. The molecule has 90 valence electrons. The molecule has 1 atom stereocenters. The van der Waals surface area contributed by atoms with E-state index >= 15 is 0 Å². The Morgan fingerprint density at radius 3 is 2.88 bits per heavy atom. The van der Waals surface area contributed by atoms with E-state index in [1.165, 1.54) is 0 Å². The van der Waals surface area contributed by atoms with Gasteiger partial charge in [-0.25, -0.2) is 0 Å². The van der Waals surface area contributed by atoms with Crippen LogP contribution in [0.5, 0.6) is 0 Å². The smallest absolute Gasteiger partial charge is 0.236 e. The molecule has 1 aliphatic rings. The number of carbonyl (C=O) groups excluding carboxylic acids is 1. The van der Waals surface area contributed by atoms with Crippen molar-refractivity contribution in [3.05, 3.63) is 0 Å². The Hall–Kier alpha value is -1.05. The molecule has 0 saturated carbocycles. The van der Waals surface area contributed by atoms with Crippen LogP contribution in [0, 0.1) is 12.3 Å². The van der Waals surface area contributed by atoms with Crippen LogP contribution in [-0.4, -0.2) is 61.0 Å². The molecular weight excluding hydrogens is 202 g/mol. The second-order valence-electron chi connectivity index (χ2n) is 4.13. The predicted molar refractivity (Wildman–Crippen MR) is 65.0 cm³/mol. The van der Waals surface area contributed by atoms with Crippen LogP contribution in [0.3, 0.4) is 0 Å². The van der Waals surface area contributed by atoms with E-state index in [1.807, 2.05) is 4.90 Å². The average molecular weight is 223 g/mol. The van der Waals surface area contributed by atoms with Gasteiger partial charge in [-0.3, -0.25) is 15.0 Å². The number of hydrogen-bond donors (Lipinski definition) is 1. The zero-order valence-electron chi connectivity index (χ0n) is 10.2. The summed E-state index contributed by atoms with van der Waals surface area (Å²) in [6.07, 6.45) is 5.11. The van der Waals surface area contributed by atoms with Gasteiger partial charge in [-0.1, -0.05) is 12.8 Å². The van der Waals surface area contributed by atoms with Gasteiger partial charge in [-0.2, -0.15) is 0 Å². The Labute approximate surface area is 98.0 Å². The average Bonchev–Trinajstić information content (AvgIpc) is 2.29. The number of piperazine rings is 1. The van der Waals surface area contributed by atoms with Gasteiger partial charge in [0.25, 0.3) is 0 Å². The van der Waals surface area contributed by atoms with E-state index in [0.29, 0.717) is 19.1 Å². The third-order valence-corrected chi connectivity index (χ3v) is 3.03. The first-order valence-corrected chi connectivity index (χ1v) is 5.85. The van der Waals surface area contributed by atoms with E-state index in [2.05, 4.69) is 30.0 Å². The number of nitrogens with one attached hydrogen (secondary N) is 1. The van der Waals surface area contributed by atoms with Gasteiger partial charge in [0.2, 0.25) is 5.91 Å². The molecule has 0 radical (unpaired) electrons. The van der Waals surface area contributed by atoms with Crippen LogP contribution < -0.4 is 5.32 Å². The Bertz CT molecular complexity index is 272. The fourth-order valence-electron chi connectivity index (χ4n) is 2.04. The molecule has 4 nitrogen and oxygen atoms in total. The van der Waals surface area contributed by atoms with Crippen molar-refractivity contribution in [3.63, 3.8) is 0 Å². The number of carbonyl (C=O) groups is 1. The van der Waals surface area contributed by atoms with E-state index in [-0.39, 0.29) is 5.91 Å². The van der Waals surface area contributed by atoms with Gasteiger partial charge in [0.15, 0.2) is 0 Å². The highest BCUT2D eigenvalue weighted by Gasteiger charge is 2.24. The highest BCUT2D eigenvalue weighted by molar-refractivity contribution is 5.78. The molecule has 16 heavy (non-hydrogen) atoms. The number of likely N-dealkylation sites (N-methyl/N-ethyl adjacent to an activating group) is 1. The molecule has 0 aliphatic carbocycles. The number of nitrogens with zero attached hydrogens (tertiary/aromatic N) is 2. The maximum Gasteiger partial charge on any atom is 0.236 e. The molecule has 1 fully saturated rings. The summed E-state index contributed by atoms with van der Waals surface area (Å²) < 4.78 is 0. The van der Waals surface area contributed by atoms with Crippen LogP contribution in [0.1, 0.15) is 13.8 Å². The fraction of sp³-hybridized carbons (Fsp3) is 0.750. The maximum absolute atomic E-state index is 11.8. The van der Waals surface area contributed by atoms with Gasteiger partial charge >= 0.3 is 0 Å². The van der Waals surface area contributed by atoms with Crippen LogP contribution in [0.25, 0.3) is 0 Å².